The third-order valence-electron chi connectivity index (χ3n) is 4.76. The van der Waals surface area contributed by atoms with Crippen molar-refractivity contribution in [3.63, 3.8) is 0 Å². The summed E-state index contributed by atoms with van der Waals surface area (Å²) in [5, 5.41) is 6.41. The lowest BCUT2D eigenvalue weighted by atomic mass is 9.83. The molecule has 0 aliphatic heterocycles. The Hall–Kier alpha value is -1.34. The summed E-state index contributed by atoms with van der Waals surface area (Å²) < 4.78 is 0. The fourth-order valence-electron chi connectivity index (χ4n) is 3.39. The molecule has 0 bridgehead atoms. The van der Waals surface area contributed by atoms with Gasteiger partial charge in [-0.15, -0.1) is 0 Å². The quantitative estimate of drug-likeness (QED) is 0.842. The first-order valence-electron chi connectivity index (χ1n) is 8.00. The van der Waals surface area contributed by atoms with Gasteiger partial charge in [0.25, 0.3) is 0 Å². The molecule has 1 fully saturated rings. The van der Waals surface area contributed by atoms with E-state index in [0.29, 0.717) is 0 Å². The van der Waals surface area contributed by atoms with Crippen LogP contribution in [0, 0.1) is 11.8 Å². The highest BCUT2D eigenvalue weighted by atomic mass is 14.9. The van der Waals surface area contributed by atoms with Crippen LogP contribution in [0.25, 0.3) is 10.8 Å². The average molecular weight is 267 g/mol. The van der Waals surface area contributed by atoms with Crippen molar-refractivity contribution >= 4 is 10.8 Å². The van der Waals surface area contributed by atoms with Gasteiger partial charge in [-0.3, -0.25) is 0 Å². The minimum atomic E-state index is 0.890. The van der Waals surface area contributed by atoms with Gasteiger partial charge in [-0.2, -0.15) is 0 Å². The summed E-state index contributed by atoms with van der Waals surface area (Å²) in [4.78, 5) is 0. The maximum atomic E-state index is 3.68. The monoisotopic (exact) mass is 267 g/mol. The molecule has 0 saturated heterocycles. The van der Waals surface area contributed by atoms with Crippen molar-refractivity contribution in [3.05, 3.63) is 48.0 Å². The SMILES string of the molecule is CC1CCC(CNCc2cccc3ccccc23)CC1. The largest absolute Gasteiger partial charge is 0.312 e. The van der Waals surface area contributed by atoms with Crippen LogP contribution in [0.4, 0.5) is 0 Å². The molecule has 0 radical (unpaired) electrons. The third-order valence-corrected chi connectivity index (χ3v) is 4.76. The van der Waals surface area contributed by atoms with E-state index in [9.17, 15) is 0 Å². The molecule has 1 heteroatoms. The van der Waals surface area contributed by atoms with Crippen molar-refractivity contribution in [1.29, 1.82) is 0 Å². The van der Waals surface area contributed by atoms with Gasteiger partial charge in [-0.05, 0) is 47.6 Å². The van der Waals surface area contributed by atoms with Gasteiger partial charge in [0, 0.05) is 6.54 Å². The topological polar surface area (TPSA) is 12.0 Å². The lowest BCUT2D eigenvalue weighted by Gasteiger charge is -2.26. The van der Waals surface area contributed by atoms with E-state index in [4.69, 9.17) is 0 Å². The van der Waals surface area contributed by atoms with Crippen LogP contribution in [-0.4, -0.2) is 6.54 Å². The summed E-state index contributed by atoms with van der Waals surface area (Å²) in [6.45, 7) is 4.56. The maximum absolute atomic E-state index is 3.68. The third kappa shape index (κ3) is 3.21. The molecule has 1 saturated carbocycles. The standard InChI is InChI=1S/C19H25N/c1-15-9-11-16(12-10-15)13-20-14-18-7-4-6-17-5-2-3-8-19(17)18/h2-8,15-16,20H,9-14H2,1H3. The molecule has 2 aromatic rings. The zero-order valence-corrected chi connectivity index (χ0v) is 12.4. The smallest absolute Gasteiger partial charge is 0.0211 e. The molecule has 0 unspecified atom stereocenters. The minimum Gasteiger partial charge on any atom is -0.312 e. The van der Waals surface area contributed by atoms with E-state index in [-0.39, 0.29) is 0 Å². The van der Waals surface area contributed by atoms with Gasteiger partial charge < -0.3 is 5.32 Å². The van der Waals surface area contributed by atoms with Gasteiger partial charge >= 0.3 is 0 Å². The summed E-state index contributed by atoms with van der Waals surface area (Å²) in [6, 6.07) is 15.3. The Labute approximate surface area is 122 Å². The zero-order chi connectivity index (χ0) is 13.8. The van der Waals surface area contributed by atoms with Crippen LogP contribution < -0.4 is 5.32 Å². The van der Waals surface area contributed by atoms with Gasteiger partial charge in [0.15, 0.2) is 0 Å². The molecule has 0 spiro atoms. The second kappa shape index (κ2) is 6.41. The summed E-state index contributed by atoms with van der Waals surface area (Å²) in [6.07, 6.45) is 5.65. The van der Waals surface area contributed by atoms with Crippen LogP contribution in [-0.2, 0) is 6.54 Å². The van der Waals surface area contributed by atoms with Gasteiger partial charge in [-0.1, -0.05) is 62.2 Å². The van der Waals surface area contributed by atoms with Gasteiger partial charge in [0.05, 0.1) is 0 Å². The van der Waals surface area contributed by atoms with E-state index < -0.39 is 0 Å². The number of hydrogen-bond donors (Lipinski definition) is 1. The Balaban J connectivity index is 1.57. The van der Waals surface area contributed by atoms with Crippen molar-refractivity contribution in [2.45, 2.75) is 39.2 Å². The van der Waals surface area contributed by atoms with Crippen molar-refractivity contribution in [1.82, 2.24) is 5.32 Å². The lowest BCUT2D eigenvalue weighted by molar-refractivity contribution is 0.281. The molecule has 0 atom stereocenters. The van der Waals surface area contributed by atoms with Crippen molar-refractivity contribution in [3.8, 4) is 0 Å². The first kappa shape index (κ1) is 13.6. The second-order valence-corrected chi connectivity index (χ2v) is 6.40. The van der Waals surface area contributed by atoms with E-state index in [1.807, 2.05) is 0 Å². The summed E-state index contributed by atoms with van der Waals surface area (Å²) in [5.74, 6) is 1.84. The highest BCUT2D eigenvalue weighted by Gasteiger charge is 2.17. The zero-order valence-electron chi connectivity index (χ0n) is 12.4. The molecular formula is C19H25N. The van der Waals surface area contributed by atoms with Crippen molar-refractivity contribution in [2.75, 3.05) is 6.54 Å². The van der Waals surface area contributed by atoms with E-state index in [1.165, 1.54) is 48.6 Å². The number of hydrogen-bond acceptors (Lipinski definition) is 1. The van der Waals surface area contributed by atoms with Crippen molar-refractivity contribution < 1.29 is 0 Å². The maximum Gasteiger partial charge on any atom is 0.0211 e. The summed E-state index contributed by atoms with van der Waals surface area (Å²) in [7, 11) is 0. The summed E-state index contributed by atoms with van der Waals surface area (Å²) in [5.41, 5.74) is 1.42. The second-order valence-electron chi connectivity index (χ2n) is 6.40. The van der Waals surface area contributed by atoms with Crippen LogP contribution in [0.2, 0.25) is 0 Å². The van der Waals surface area contributed by atoms with Gasteiger partial charge in [0.2, 0.25) is 0 Å². The fraction of sp³-hybridized carbons (Fsp3) is 0.474. The van der Waals surface area contributed by atoms with E-state index in [1.54, 1.807) is 0 Å². The molecule has 1 N–H and O–H groups in total. The Morgan fingerprint density at radius 2 is 1.70 bits per heavy atom. The van der Waals surface area contributed by atoms with Crippen molar-refractivity contribution in [2.24, 2.45) is 11.8 Å². The molecule has 1 aliphatic rings. The number of nitrogens with one attached hydrogen (secondary N) is 1. The Morgan fingerprint density at radius 1 is 0.950 bits per heavy atom. The molecule has 2 aromatic carbocycles. The molecule has 0 aromatic heterocycles. The van der Waals surface area contributed by atoms with Crippen LogP contribution in [0.3, 0.4) is 0 Å². The van der Waals surface area contributed by atoms with Crippen LogP contribution in [0.5, 0.6) is 0 Å². The normalized spacial score (nSPS) is 23.1. The Kier molecular flexibility index (Phi) is 4.37. The number of rotatable bonds is 4. The molecule has 3 rings (SSSR count). The molecule has 20 heavy (non-hydrogen) atoms. The van der Waals surface area contributed by atoms with Crippen LogP contribution in [0.15, 0.2) is 42.5 Å². The molecule has 1 aliphatic carbocycles. The lowest BCUT2D eigenvalue weighted by Crippen LogP contribution is -2.25. The Bertz CT molecular complexity index is 547. The first-order chi connectivity index (χ1) is 9.83. The number of benzene rings is 2. The molecular weight excluding hydrogens is 242 g/mol. The van der Waals surface area contributed by atoms with Crippen LogP contribution >= 0.6 is 0 Å². The molecule has 0 heterocycles. The predicted octanol–water partition coefficient (Wildman–Crippen LogP) is 4.76. The fourth-order valence-corrected chi connectivity index (χ4v) is 3.39. The first-order valence-corrected chi connectivity index (χ1v) is 8.00. The molecule has 106 valence electrons. The van der Waals surface area contributed by atoms with E-state index >= 15 is 0 Å². The van der Waals surface area contributed by atoms with Gasteiger partial charge in [-0.25, -0.2) is 0 Å². The highest BCUT2D eigenvalue weighted by molar-refractivity contribution is 5.85. The summed E-state index contributed by atoms with van der Waals surface area (Å²) >= 11 is 0. The van der Waals surface area contributed by atoms with Crippen LogP contribution in [0.1, 0.15) is 38.2 Å². The van der Waals surface area contributed by atoms with Gasteiger partial charge in [0.1, 0.15) is 0 Å². The van der Waals surface area contributed by atoms with E-state index in [0.717, 1.165) is 18.4 Å². The average Bonchev–Trinajstić information content (AvgIpc) is 2.49. The molecule has 0 amide bonds. The minimum absolute atomic E-state index is 0.890. The molecule has 1 nitrogen and oxygen atoms in total. The highest BCUT2D eigenvalue weighted by Crippen LogP contribution is 2.27. The number of fused-ring (bicyclic) bond motifs is 1. The predicted molar refractivity (Wildman–Crippen MR) is 86.8 cm³/mol. The van der Waals surface area contributed by atoms with E-state index in [2.05, 4.69) is 54.7 Å². The Morgan fingerprint density at radius 3 is 2.55 bits per heavy atom.